The lowest BCUT2D eigenvalue weighted by molar-refractivity contribution is -0.158. The quantitative estimate of drug-likeness (QED) is 0.266. The zero-order chi connectivity index (χ0) is 28.5. The number of hydrogen-bond donors (Lipinski definition) is 3. The van der Waals surface area contributed by atoms with Crippen molar-refractivity contribution in [2.24, 2.45) is 5.73 Å². The standard InChI is InChI=1S/C27H25F3N4O4S/c1-26(2,3)38-25(37)19(13-22(31)35)34-24(36)15-6-4-14(5-7-15)20-10-11-21(39-20)23-32-17-9-8-16(27(28,29)30)12-18(17)33-23/h4-12,19H,13H2,1-3H3,(H2,31,35)(H,32,33)(H,34,36)/t19-/m0/s1. The SMILES string of the molecule is CC(C)(C)OC(=O)[C@H](CC(N)=O)NC(=O)c1ccc(-c2ccc(-c3nc4ccc(C(F)(F)F)cc4[nH]3)s2)cc1. The lowest BCUT2D eigenvalue weighted by atomic mass is 10.1. The second kappa shape index (κ2) is 10.5. The first-order chi connectivity index (χ1) is 18.2. The smallest absolute Gasteiger partial charge is 0.416 e. The van der Waals surface area contributed by atoms with Gasteiger partial charge in [-0.05, 0) is 68.8 Å². The third-order valence-electron chi connectivity index (χ3n) is 5.48. The van der Waals surface area contributed by atoms with E-state index in [2.05, 4.69) is 15.3 Å². The van der Waals surface area contributed by atoms with Crippen LogP contribution in [0, 0.1) is 0 Å². The van der Waals surface area contributed by atoms with Gasteiger partial charge in [0.1, 0.15) is 17.5 Å². The molecule has 4 N–H and O–H groups in total. The lowest BCUT2D eigenvalue weighted by Crippen LogP contribution is -2.46. The number of nitrogens with one attached hydrogen (secondary N) is 2. The van der Waals surface area contributed by atoms with Crippen molar-refractivity contribution < 1.29 is 32.3 Å². The Hall–Kier alpha value is -4.19. The van der Waals surface area contributed by atoms with E-state index < -0.39 is 47.6 Å². The number of esters is 1. The molecule has 0 saturated carbocycles. The molecule has 204 valence electrons. The van der Waals surface area contributed by atoms with Crippen LogP contribution in [-0.4, -0.2) is 39.4 Å². The number of aromatic amines is 1. The first-order valence-electron chi connectivity index (χ1n) is 11.8. The predicted octanol–water partition coefficient (Wildman–Crippen LogP) is 5.29. The number of carbonyl (C=O) groups is 3. The van der Waals surface area contributed by atoms with E-state index in [1.165, 1.54) is 17.4 Å². The molecule has 12 heteroatoms. The topological polar surface area (TPSA) is 127 Å². The Balaban J connectivity index is 1.49. The van der Waals surface area contributed by atoms with Gasteiger partial charge in [-0.2, -0.15) is 13.2 Å². The van der Waals surface area contributed by atoms with Gasteiger partial charge in [-0.1, -0.05) is 12.1 Å². The Morgan fingerprint density at radius 1 is 1.03 bits per heavy atom. The molecule has 2 aromatic carbocycles. The Labute approximate surface area is 225 Å². The minimum Gasteiger partial charge on any atom is -0.458 e. The van der Waals surface area contributed by atoms with Gasteiger partial charge in [0.05, 0.1) is 27.9 Å². The van der Waals surface area contributed by atoms with Crippen molar-refractivity contribution in [1.82, 2.24) is 15.3 Å². The van der Waals surface area contributed by atoms with Crippen LogP contribution in [0.3, 0.4) is 0 Å². The number of carbonyl (C=O) groups excluding carboxylic acids is 3. The fourth-order valence-electron chi connectivity index (χ4n) is 3.72. The van der Waals surface area contributed by atoms with Gasteiger partial charge in [0, 0.05) is 10.4 Å². The number of thiophene rings is 1. The van der Waals surface area contributed by atoms with E-state index in [9.17, 15) is 27.6 Å². The van der Waals surface area contributed by atoms with Crippen LogP contribution in [0.2, 0.25) is 0 Å². The number of nitrogens with two attached hydrogens (primary N) is 1. The van der Waals surface area contributed by atoms with Gasteiger partial charge in [0.25, 0.3) is 5.91 Å². The summed E-state index contributed by atoms with van der Waals surface area (Å²) in [4.78, 5) is 45.5. The minimum atomic E-state index is -4.45. The van der Waals surface area contributed by atoms with Crippen molar-refractivity contribution in [3.8, 4) is 21.1 Å². The fourth-order valence-corrected chi connectivity index (χ4v) is 4.67. The number of halogens is 3. The highest BCUT2D eigenvalue weighted by Crippen LogP contribution is 2.35. The van der Waals surface area contributed by atoms with Crippen LogP contribution in [0.25, 0.3) is 32.2 Å². The highest BCUT2D eigenvalue weighted by atomic mass is 32.1. The molecule has 0 bridgehead atoms. The van der Waals surface area contributed by atoms with Gasteiger partial charge in [0.15, 0.2) is 0 Å². The molecule has 0 aliphatic heterocycles. The Kier molecular flexibility index (Phi) is 7.51. The van der Waals surface area contributed by atoms with Crippen molar-refractivity contribution in [3.63, 3.8) is 0 Å². The highest BCUT2D eigenvalue weighted by molar-refractivity contribution is 7.18. The van der Waals surface area contributed by atoms with E-state index in [1.54, 1.807) is 51.1 Å². The number of aromatic nitrogens is 2. The lowest BCUT2D eigenvalue weighted by Gasteiger charge is -2.24. The summed E-state index contributed by atoms with van der Waals surface area (Å²) in [5.74, 6) is -1.66. The second-order valence-corrected chi connectivity index (χ2v) is 10.9. The molecular formula is C27H25F3N4O4S. The summed E-state index contributed by atoms with van der Waals surface area (Å²) in [5, 5.41) is 2.50. The van der Waals surface area contributed by atoms with E-state index in [1.807, 2.05) is 6.07 Å². The first kappa shape index (κ1) is 27.8. The molecule has 2 aromatic heterocycles. The number of ether oxygens (including phenoxy) is 1. The van der Waals surface area contributed by atoms with Crippen LogP contribution in [0.1, 0.15) is 43.1 Å². The van der Waals surface area contributed by atoms with E-state index in [0.717, 1.165) is 27.5 Å². The maximum Gasteiger partial charge on any atom is 0.416 e. The number of primary amides is 1. The molecule has 0 spiro atoms. The largest absolute Gasteiger partial charge is 0.458 e. The molecular weight excluding hydrogens is 533 g/mol. The second-order valence-electron chi connectivity index (χ2n) is 9.79. The normalized spacial score (nSPS) is 12.8. The van der Waals surface area contributed by atoms with Crippen LogP contribution in [0.4, 0.5) is 13.2 Å². The Morgan fingerprint density at radius 2 is 1.69 bits per heavy atom. The number of amides is 2. The molecule has 0 fully saturated rings. The van der Waals surface area contributed by atoms with Crippen molar-refractivity contribution >= 4 is 40.2 Å². The molecule has 0 radical (unpaired) electrons. The number of hydrogen-bond acceptors (Lipinski definition) is 6. The number of rotatable bonds is 7. The average molecular weight is 559 g/mol. The third kappa shape index (κ3) is 6.82. The summed E-state index contributed by atoms with van der Waals surface area (Å²) in [6.45, 7) is 5.00. The van der Waals surface area contributed by atoms with Gasteiger partial charge < -0.3 is 20.8 Å². The van der Waals surface area contributed by atoms with Crippen LogP contribution in [0.15, 0.2) is 54.6 Å². The molecule has 1 atom stereocenters. The van der Waals surface area contributed by atoms with Crippen LogP contribution in [-0.2, 0) is 20.5 Å². The van der Waals surface area contributed by atoms with Gasteiger partial charge in [-0.3, -0.25) is 9.59 Å². The summed E-state index contributed by atoms with van der Waals surface area (Å²) in [6.07, 6.45) is -4.85. The summed E-state index contributed by atoms with van der Waals surface area (Å²) in [6, 6.07) is 12.3. The third-order valence-corrected chi connectivity index (χ3v) is 6.62. The first-order valence-corrected chi connectivity index (χ1v) is 12.6. The molecule has 0 unspecified atom stereocenters. The maximum absolute atomic E-state index is 13.0. The molecule has 4 aromatic rings. The molecule has 39 heavy (non-hydrogen) atoms. The van der Waals surface area contributed by atoms with Gasteiger partial charge in [0.2, 0.25) is 5.91 Å². The predicted molar refractivity (Wildman–Crippen MR) is 141 cm³/mol. The number of imidazole rings is 1. The van der Waals surface area contributed by atoms with E-state index in [4.69, 9.17) is 10.5 Å². The van der Waals surface area contributed by atoms with Crippen molar-refractivity contribution in [2.75, 3.05) is 0 Å². The monoisotopic (exact) mass is 558 g/mol. The Bertz CT molecular complexity index is 1540. The molecule has 0 aliphatic carbocycles. The number of H-pyrrole nitrogens is 1. The molecule has 2 heterocycles. The van der Waals surface area contributed by atoms with Crippen LogP contribution in [0.5, 0.6) is 0 Å². The van der Waals surface area contributed by atoms with E-state index >= 15 is 0 Å². The molecule has 4 rings (SSSR count). The van der Waals surface area contributed by atoms with Crippen LogP contribution >= 0.6 is 11.3 Å². The zero-order valence-corrected chi connectivity index (χ0v) is 22.0. The van der Waals surface area contributed by atoms with Crippen LogP contribution < -0.4 is 11.1 Å². The minimum absolute atomic E-state index is 0.256. The van der Waals surface area contributed by atoms with Gasteiger partial charge >= 0.3 is 12.1 Å². The summed E-state index contributed by atoms with van der Waals surface area (Å²) >= 11 is 1.38. The maximum atomic E-state index is 13.0. The fraction of sp³-hybridized carbons (Fsp3) is 0.259. The summed E-state index contributed by atoms with van der Waals surface area (Å²) in [5.41, 5.74) is 5.42. The van der Waals surface area contributed by atoms with Gasteiger partial charge in [-0.25, -0.2) is 9.78 Å². The average Bonchev–Trinajstić information content (AvgIpc) is 3.48. The van der Waals surface area contributed by atoms with Gasteiger partial charge in [-0.15, -0.1) is 11.3 Å². The number of alkyl halides is 3. The van der Waals surface area contributed by atoms with Crippen molar-refractivity contribution in [3.05, 3.63) is 65.7 Å². The number of fused-ring (bicyclic) bond motifs is 1. The zero-order valence-electron chi connectivity index (χ0n) is 21.2. The van der Waals surface area contributed by atoms with Crippen molar-refractivity contribution in [2.45, 2.75) is 45.0 Å². The summed E-state index contributed by atoms with van der Waals surface area (Å²) < 4.78 is 44.4. The summed E-state index contributed by atoms with van der Waals surface area (Å²) in [7, 11) is 0. The van der Waals surface area contributed by atoms with E-state index in [0.29, 0.717) is 11.3 Å². The molecule has 2 amide bonds. The number of benzene rings is 2. The van der Waals surface area contributed by atoms with Crippen molar-refractivity contribution in [1.29, 1.82) is 0 Å². The molecule has 0 aliphatic rings. The Morgan fingerprint density at radius 3 is 2.31 bits per heavy atom. The van der Waals surface area contributed by atoms with E-state index in [-0.39, 0.29) is 11.1 Å². The molecule has 8 nitrogen and oxygen atoms in total. The highest BCUT2D eigenvalue weighted by Gasteiger charge is 2.31. The number of nitrogens with zero attached hydrogens (tertiary/aromatic N) is 1. The molecule has 0 saturated heterocycles.